The Labute approximate surface area is 205 Å². The molecule has 3 N–H and O–H groups in total. The lowest BCUT2D eigenvalue weighted by Crippen LogP contribution is -2.61. The zero-order chi connectivity index (χ0) is 25.7. The fourth-order valence-electron chi connectivity index (χ4n) is 5.17. The van der Waals surface area contributed by atoms with Crippen molar-refractivity contribution in [1.82, 2.24) is 10.6 Å². The SMILES string of the molecule is CNC(=O)[C@@H](C)[C@@H]1NC(=O)/C(=C(O)/C=C/C(C)=C/[C@@H](C)[C@H]2O[C@@]3(C)O[C@H](C=C[C@@]34CO4)[C@@H]2C)C1=O. The van der Waals surface area contributed by atoms with Crippen molar-refractivity contribution in [3.8, 4) is 0 Å². The average Bonchev–Trinajstić information content (AvgIpc) is 3.55. The number of carbonyl (C=O) groups is 3. The van der Waals surface area contributed by atoms with Crippen LogP contribution in [0.25, 0.3) is 0 Å². The molecule has 9 nitrogen and oxygen atoms in total. The van der Waals surface area contributed by atoms with Gasteiger partial charge >= 0.3 is 0 Å². The van der Waals surface area contributed by atoms with Crippen LogP contribution in [0.5, 0.6) is 0 Å². The number of amides is 2. The van der Waals surface area contributed by atoms with Gasteiger partial charge in [0.1, 0.15) is 17.4 Å². The average molecular weight is 487 g/mol. The van der Waals surface area contributed by atoms with E-state index in [-0.39, 0.29) is 35.5 Å². The number of carbonyl (C=O) groups excluding carboxylic acids is 3. The molecule has 9 heteroatoms. The number of ether oxygens (including phenoxy) is 3. The lowest BCUT2D eigenvalue weighted by atomic mass is 9.82. The monoisotopic (exact) mass is 486 g/mol. The molecule has 2 amide bonds. The topological polar surface area (TPSA) is 126 Å². The van der Waals surface area contributed by atoms with Gasteiger partial charge in [0, 0.05) is 18.9 Å². The molecule has 0 aliphatic carbocycles. The Morgan fingerprint density at radius 3 is 2.60 bits per heavy atom. The third kappa shape index (κ3) is 4.37. The number of hydrogen-bond acceptors (Lipinski definition) is 7. The van der Waals surface area contributed by atoms with Gasteiger partial charge in [0.15, 0.2) is 11.4 Å². The highest BCUT2D eigenvalue weighted by molar-refractivity contribution is 6.27. The summed E-state index contributed by atoms with van der Waals surface area (Å²) in [6.07, 6.45) is 8.94. The predicted octanol–water partition coefficient (Wildman–Crippen LogP) is 1.86. The van der Waals surface area contributed by atoms with Gasteiger partial charge in [-0.1, -0.05) is 44.6 Å². The van der Waals surface area contributed by atoms with Crippen LogP contribution in [0.2, 0.25) is 0 Å². The van der Waals surface area contributed by atoms with Crippen LogP contribution in [0, 0.1) is 17.8 Å². The number of allylic oxidation sites excluding steroid dienone is 3. The van der Waals surface area contributed by atoms with E-state index in [0.29, 0.717) is 6.61 Å². The van der Waals surface area contributed by atoms with E-state index >= 15 is 0 Å². The van der Waals surface area contributed by atoms with Crippen LogP contribution in [0.1, 0.15) is 34.6 Å². The van der Waals surface area contributed by atoms with Crippen molar-refractivity contribution in [3.05, 3.63) is 47.3 Å². The van der Waals surface area contributed by atoms with Gasteiger partial charge in [0.2, 0.25) is 11.7 Å². The lowest BCUT2D eigenvalue weighted by Gasteiger charge is -2.51. The molecule has 190 valence electrons. The highest BCUT2D eigenvalue weighted by Crippen LogP contribution is 2.51. The van der Waals surface area contributed by atoms with Crippen molar-refractivity contribution < 1.29 is 33.7 Å². The summed E-state index contributed by atoms with van der Waals surface area (Å²) in [7, 11) is 1.46. The van der Waals surface area contributed by atoms with Crippen LogP contribution in [-0.4, -0.2) is 66.0 Å². The summed E-state index contributed by atoms with van der Waals surface area (Å²) in [5.41, 5.74) is -0.0254. The lowest BCUT2D eigenvalue weighted by molar-refractivity contribution is -0.346. The van der Waals surface area contributed by atoms with E-state index in [1.54, 1.807) is 13.0 Å². The quantitative estimate of drug-likeness (QED) is 0.131. The summed E-state index contributed by atoms with van der Waals surface area (Å²) in [5, 5.41) is 15.4. The molecule has 35 heavy (non-hydrogen) atoms. The van der Waals surface area contributed by atoms with Gasteiger partial charge in [-0.05, 0) is 26.0 Å². The first-order valence-electron chi connectivity index (χ1n) is 12.0. The van der Waals surface area contributed by atoms with Gasteiger partial charge < -0.3 is 30.0 Å². The maximum absolute atomic E-state index is 12.7. The smallest absolute Gasteiger partial charge is 0.259 e. The summed E-state index contributed by atoms with van der Waals surface area (Å²) in [6.45, 7) is 10.1. The van der Waals surface area contributed by atoms with E-state index < -0.39 is 40.8 Å². The van der Waals surface area contributed by atoms with E-state index in [4.69, 9.17) is 14.2 Å². The molecule has 4 heterocycles. The van der Waals surface area contributed by atoms with E-state index in [9.17, 15) is 19.5 Å². The predicted molar refractivity (Wildman–Crippen MR) is 127 cm³/mol. The minimum Gasteiger partial charge on any atom is -0.507 e. The normalized spacial score (nSPS) is 39.5. The summed E-state index contributed by atoms with van der Waals surface area (Å²) in [5.74, 6) is -3.56. The Kier molecular flexibility index (Phi) is 6.54. The Balaban J connectivity index is 1.47. The summed E-state index contributed by atoms with van der Waals surface area (Å²) in [4.78, 5) is 36.9. The Morgan fingerprint density at radius 2 is 1.97 bits per heavy atom. The number of fused-ring (bicyclic) bond motifs is 3. The maximum atomic E-state index is 12.7. The van der Waals surface area contributed by atoms with Crippen molar-refractivity contribution in [2.75, 3.05) is 13.7 Å². The third-order valence-corrected chi connectivity index (χ3v) is 7.54. The zero-order valence-corrected chi connectivity index (χ0v) is 21.0. The molecule has 2 bridgehead atoms. The van der Waals surface area contributed by atoms with Gasteiger partial charge in [-0.15, -0.1) is 0 Å². The van der Waals surface area contributed by atoms with Gasteiger partial charge in [-0.3, -0.25) is 14.4 Å². The Hall–Kier alpha value is -2.75. The molecule has 4 rings (SSSR count). The number of epoxide rings is 1. The minimum absolute atomic E-state index is 0.0201. The van der Waals surface area contributed by atoms with Gasteiger partial charge in [0.05, 0.1) is 24.7 Å². The van der Waals surface area contributed by atoms with Crippen LogP contribution in [0.15, 0.2) is 47.3 Å². The fourth-order valence-corrected chi connectivity index (χ4v) is 5.17. The first-order chi connectivity index (χ1) is 16.4. The first-order valence-corrected chi connectivity index (χ1v) is 12.0. The number of Topliss-reactive ketones (excluding diaryl/α,β-unsaturated/α-hetero) is 1. The van der Waals surface area contributed by atoms with Crippen molar-refractivity contribution in [2.24, 2.45) is 17.8 Å². The number of ketones is 1. The van der Waals surface area contributed by atoms with E-state index in [1.165, 1.54) is 13.1 Å². The van der Waals surface area contributed by atoms with Crippen molar-refractivity contribution >= 4 is 17.6 Å². The standard InChI is InChI=1S/C26H34N2O7/c1-13(7-8-17(29)19-21(30)20(28-24(19)32)16(4)23(31)27-6)11-14(2)22-15(3)18-9-10-26(12-33-26)25(5,34-18)35-22/h7-11,14-16,18,20,22,29H,12H2,1-6H3,(H,27,31)(H,28,32)/b8-7+,13-11+,19-17-/t14-,15+,16+,18-,20+,22-,25-,26-/m1/s1. The van der Waals surface area contributed by atoms with Crippen molar-refractivity contribution in [1.29, 1.82) is 0 Å². The number of aliphatic hydroxyl groups excluding tert-OH is 1. The summed E-state index contributed by atoms with van der Waals surface area (Å²) >= 11 is 0. The molecule has 0 radical (unpaired) electrons. The molecule has 1 spiro atoms. The van der Waals surface area contributed by atoms with E-state index in [2.05, 4.69) is 36.6 Å². The van der Waals surface area contributed by atoms with E-state index in [0.717, 1.165) is 5.57 Å². The van der Waals surface area contributed by atoms with Crippen molar-refractivity contribution in [3.63, 3.8) is 0 Å². The van der Waals surface area contributed by atoms with Crippen molar-refractivity contribution in [2.45, 2.75) is 64.3 Å². The van der Waals surface area contributed by atoms with Crippen LogP contribution < -0.4 is 10.6 Å². The molecule has 4 aliphatic rings. The molecular formula is C26H34N2O7. The van der Waals surface area contributed by atoms with Crippen LogP contribution in [-0.2, 0) is 28.6 Å². The van der Waals surface area contributed by atoms with Gasteiger partial charge in [-0.25, -0.2) is 0 Å². The molecule has 0 aromatic rings. The fraction of sp³-hybridized carbons (Fsp3) is 0.577. The number of aliphatic hydroxyl groups is 1. The second-order valence-corrected chi connectivity index (χ2v) is 10.1. The van der Waals surface area contributed by atoms with Crippen LogP contribution in [0.4, 0.5) is 0 Å². The highest BCUT2D eigenvalue weighted by atomic mass is 16.8. The first kappa shape index (κ1) is 25.3. The second kappa shape index (κ2) is 9.04. The molecule has 0 saturated carbocycles. The molecule has 4 aliphatic heterocycles. The summed E-state index contributed by atoms with van der Waals surface area (Å²) < 4.78 is 18.3. The number of hydrogen-bond donors (Lipinski definition) is 3. The molecule has 0 unspecified atom stereocenters. The molecule has 0 aromatic carbocycles. The molecule has 8 atom stereocenters. The minimum atomic E-state index is -1.01. The molecule has 3 fully saturated rings. The van der Waals surface area contributed by atoms with Crippen LogP contribution in [0.3, 0.4) is 0 Å². The molecular weight excluding hydrogens is 452 g/mol. The Bertz CT molecular complexity index is 1050. The molecule has 0 aromatic heterocycles. The second-order valence-electron chi connectivity index (χ2n) is 10.1. The third-order valence-electron chi connectivity index (χ3n) is 7.54. The maximum Gasteiger partial charge on any atom is 0.259 e. The number of nitrogens with one attached hydrogen (secondary N) is 2. The summed E-state index contributed by atoms with van der Waals surface area (Å²) in [6, 6.07) is -1.01. The van der Waals surface area contributed by atoms with Gasteiger partial charge in [-0.2, -0.15) is 0 Å². The number of rotatable bonds is 6. The van der Waals surface area contributed by atoms with Crippen LogP contribution >= 0.6 is 0 Å². The largest absolute Gasteiger partial charge is 0.507 e. The highest BCUT2D eigenvalue weighted by Gasteiger charge is 2.65. The Morgan fingerprint density at radius 1 is 1.29 bits per heavy atom. The van der Waals surface area contributed by atoms with E-state index in [1.807, 2.05) is 19.9 Å². The zero-order valence-electron chi connectivity index (χ0n) is 21.0. The molecule has 3 saturated heterocycles. The van der Waals surface area contributed by atoms with Gasteiger partial charge in [0.25, 0.3) is 5.91 Å².